The molecule has 1 aromatic carbocycles. The third-order valence-corrected chi connectivity index (χ3v) is 4.26. The first-order chi connectivity index (χ1) is 9.13. The zero-order valence-electron chi connectivity index (χ0n) is 10.4. The third kappa shape index (κ3) is 2.61. The molecule has 1 aromatic heterocycles. The molecule has 2 heterocycles. The number of rotatable bonds is 3. The Balaban J connectivity index is 1.89. The Morgan fingerprint density at radius 3 is 2.84 bits per heavy atom. The topological polar surface area (TPSA) is 83.9 Å². The van der Waals surface area contributed by atoms with E-state index in [0.717, 1.165) is 46.9 Å². The second-order valence-corrected chi connectivity index (χ2v) is 5.83. The summed E-state index contributed by atoms with van der Waals surface area (Å²) in [5.74, 6) is 0. The zero-order valence-corrected chi connectivity index (χ0v) is 12.0. The van der Waals surface area contributed by atoms with Crippen molar-refractivity contribution in [3.05, 3.63) is 32.7 Å². The number of nitrogens with one attached hydrogen (secondary N) is 2. The Hall–Kier alpha value is -1.11. The predicted octanol–water partition coefficient (Wildman–Crippen LogP) is 2.19. The number of nitrogens with two attached hydrogens (primary N) is 1. The van der Waals surface area contributed by atoms with E-state index in [0.29, 0.717) is 0 Å². The minimum absolute atomic E-state index is 0.0970. The number of halogens is 1. The summed E-state index contributed by atoms with van der Waals surface area (Å²) in [6, 6.07) is 3.72. The van der Waals surface area contributed by atoms with Crippen molar-refractivity contribution < 1.29 is 4.74 Å². The second-order valence-electron chi connectivity index (χ2n) is 4.98. The molecule has 1 aliphatic rings. The van der Waals surface area contributed by atoms with Gasteiger partial charge in [0.05, 0.1) is 17.1 Å². The molecule has 3 rings (SSSR count). The largest absolute Gasteiger partial charge is 0.378 e. The first-order valence-corrected chi connectivity index (χ1v) is 7.21. The van der Waals surface area contributed by atoms with Gasteiger partial charge in [0.2, 0.25) is 0 Å². The summed E-state index contributed by atoms with van der Waals surface area (Å²) in [6.45, 7) is 0.836. The van der Waals surface area contributed by atoms with Crippen LogP contribution in [-0.2, 0) is 4.74 Å². The van der Waals surface area contributed by atoms with Crippen molar-refractivity contribution >= 4 is 27.0 Å². The molecule has 0 bridgehead atoms. The minimum Gasteiger partial charge on any atom is -0.378 e. The highest BCUT2D eigenvalue weighted by Crippen LogP contribution is 2.30. The fourth-order valence-corrected chi connectivity index (χ4v) is 3.23. The van der Waals surface area contributed by atoms with E-state index >= 15 is 0 Å². The highest BCUT2D eigenvalue weighted by Gasteiger charge is 2.21. The number of H-pyrrole nitrogens is 2. The molecule has 0 saturated carbocycles. The van der Waals surface area contributed by atoms with Crippen molar-refractivity contribution in [1.82, 2.24) is 9.97 Å². The van der Waals surface area contributed by atoms with Crippen molar-refractivity contribution in [2.24, 2.45) is 5.73 Å². The Labute approximate surface area is 118 Å². The van der Waals surface area contributed by atoms with Crippen LogP contribution < -0.4 is 11.4 Å². The fraction of sp³-hybridized carbons (Fsp3) is 0.462. The lowest BCUT2D eigenvalue weighted by Gasteiger charge is -2.17. The Kier molecular flexibility index (Phi) is 3.47. The summed E-state index contributed by atoms with van der Waals surface area (Å²) in [4.78, 5) is 16.8. The van der Waals surface area contributed by atoms with Crippen molar-refractivity contribution in [3.8, 4) is 0 Å². The normalized spacial score (nSPS) is 21.1. The van der Waals surface area contributed by atoms with Gasteiger partial charge in [-0.1, -0.05) is 15.9 Å². The van der Waals surface area contributed by atoms with E-state index in [9.17, 15) is 4.79 Å². The maximum absolute atomic E-state index is 11.3. The van der Waals surface area contributed by atoms with E-state index < -0.39 is 0 Å². The molecule has 102 valence electrons. The van der Waals surface area contributed by atoms with Crippen molar-refractivity contribution in [3.63, 3.8) is 0 Å². The van der Waals surface area contributed by atoms with E-state index in [1.807, 2.05) is 12.1 Å². The van der Waals surface area contributed by atoms with Gasteiger partial charge in [0, 0.05) is 17.1 Å². The number of imidazole rings is 1. The summed E-state index contributed by atoms with van der Waals surface area (Å²) < 4.78 is 6.53. The highest BCUT2D eigenvalue weighted by molar-refractivity contribution is 9.10. The maximum Gasteiger partial charge on any atom is 0.323 e. The van der Waals surface area contributed by atoms with Crippen LogP contribution in [0.3, 0.4) is 0 Å². The van der Waals surface area contributed by atoms with E-state index in [1.165, 1.54) is 0 Å². The molecule has 2 atom stereocenters. The Morgan fingerprint density at radius 2 is 2.16 bits per heavy atom. The molecule has 6 heteroatoms. The number of fused-ring (bicyclic) bond motifs is 1. The molecule has 0 spiro atoms. The lowest BCUT2D eigenvalue weighted by Crippen LogP contribution is -2.18. The van der Waals surface area contributed by atoms with Crippen LogP contribution in [0.25, 0.3) is 11.0 Å². The van der Waals surface area contributed by atoms with Crippen LogP contribution in [0.4, 0.5) is 0 Å². The minimum atomic E-state index is -0.202. The molecule has 1 saturated heterocycles. The van der Waals surface area contributed by atoms with Gasteiger partial charge in [0.1, 0.15) is 0 Å². The third-order valence-electron chi connectivity index (χ3n) is 3.57. The molecule has 1 aliphatic heterocycles. The smallest absolute Gasteiger partial charge is 0.323 e. The molecule has 5 nitrogen and oxygen atoms in total. The SMILES string of the molecule is NC(CC1CCCO1)c1cc2[nH]c(=O)[nH]c2cc1Br. The summed E-state index contributed by atoms with van der Waals surface area (Å²) in [5, 5.41) is 0. The van der Waals surface area contributed by atoms with Gasteiger partial charge in [0.25, 0.3) is 0 Å². The van der Waals surface area contributed by atoms with Gasteiger partial charge in [0.15, 0.2) is 0 Å². The van der Waals surface area contributed by atoms with Crippen LogP contribution in [0.15, 0.2) is 21.4 Å². The maximum atomic E-state index is 11.3. The molecule has 2 unspecified atom stereocenters. The summed E-state index contributed by atoms with van der Waals surface area (Å²) >= 11 is 3.52. The van der Waals surface area contributed by atoms with E-state index in [2.05, 4.69) is 25.9 Å². The van der Waals surface area contributed by atoms with Crippen LogP contribution in [0.1, 0.15) is 30.9 Å². The molecule has 4 N–H and O–H groups in total. The summed E-state index contributed by atoms with van der Waals surface area (Å²) in [5.41, 5.74) is 8.62. The van der Waals surface area contributed by atoms with Gasteiger partial charge >= 0.3 is 5.69 Å². The predicted molar refractivity (Wildman–Crippen MR) is 77.1 cm³/mol. The van der Waals surface area contributed by atoms with Crippen molar-refractivity contribution in [2.75, 3.05) is 6.61 Å². The molecular weight excluding hydrogens is 310 g/mol. The zero-order chi connectivity index (χ0) is 13.4. The quantitative estimate of drug-likeness (QED) is 0.808. The Bertz CT molecular complexity index is 643. The molecule has 0 aliphatic carbocycles. The monoisotopic (exact) mass is 325 g/mol. The number of ether oxygens (including phenoxy) is 1. The lowest BCUT2D eigenvalue weighted by molar-refractivity contribution is 0.0983. The molecule has 0 radical (unpaired) electrons. The average Bonchev–Trinajstić information content (AvgIpc) is 2.96. The molecule has 19 heavy (non-hydrogen) atoms. The number of aromatic nitrogens is 2. The molecule has 2 aromatic rings. The van der Waals surface area contributed by atoms with Gasteiger partial charge < -0.3 is 20.4 Å². The van der Waals surface area contributed by atoms with E-state index in [4.69, 9.17) is 10.5 Å². The summed E-state index contributed by atoms with van der Waals surface area (Å²) in [7, 11) is 0. The van der Waals surface area contributed by atoms with E-state index in [1.54, 1.807) is 0 Å². The van der Waals surface area contributed by atoms with Gasteiger partial charge in [-0.15, -0.1) is 0 Å². The van der Waals surface area contributed by atoms with Crippen LogP contribution in [0, 0.1) is 0 Å². The van der Waals surface area contributed by atoms with Crippen molar-refractivity contribution in [2.45, 2.75) is 31.4 Å². The Morgan fingerprint density at radius 1 is 1.42 bits per heavy atom. The summed E-state index contributed by atoms with van der Waals surface area (Å²) in [6.07, 6.45) is 3.25. The van der Waals surface area contributed by atoms with Crippen LogP contribution in [0.2, 0.25) is 0 Å². The first-order valence-electron chi connectivity index (χ1n) is 6.42. The standard InChI is InChI=1S/C13H16BrN3O2/c14-9-6-12-11(16-13(18)17-12)5-8(9)10(15)4-7-2-1-3-19-7/h5-7,10H,1-4,15H2,(H2,16,17,18). The van der Waals surface area contributed by atoms with Crippen molar-refractivity contribution in [1.29, 1.82) is 0 Å². The number of hydrogen-bond acceptors (Lipinski definition) is 3. The van der Waals surface area contributed by atoms with Crippen LogP contribution in [0.5, 0.6) is 0 Å². The lowest BCUT2D eigenvalue weighted by atomic mass is 10.00. The highest BCUT2D eigenvalue weighted by atomic mass is 79.9. The second kappa shape index (κ2) is 5.11. The first kappa shape index (κ1) is 12.9. The van der Waals surface area contributed by atoms with Gasteiger partial charge in [-0.3, -0.25) is 0 Å². The van der Waals surface area contributed by atoms with E-state index in [-0.39, 0.29) is 17.8 Å². The van der Waals surface area contributed by atoms with Gasteiger partial charge in [-0.05, 0) is 37.0 Å². The molecular formula is C13H16BrN3O2. The van der Waals surface area contributed by atoms with Gasteiger partial charge in [-0.2, -0.15) is 0 Å². The van der Waals surface area contributed by atoms with Crippen LogP contribution in [-0.4, -0.2) is 22.7 Å². The number of aromatic amines is 2. The average molecular weight is 326 g/mol. The fourth-order valence-electron chi connectivity index (χ4n) is 2.60. The number of benzene rings is 1. The number of hydrogen-bond donors (Lipinski definition) is 3. The van der Waals surface area contributed by atoms with Gasteiger partial charge in [-0.25, -0.2) is 4.79 Å². The molecule has 0 amide bonds. The molecule has 1 fully saturated rings. The van der Waals surface area contributed by atoms with Crippen LogP contribution >= 0.6 is 15.9 Å².